The third-order valence-corrected chi connectivity index (χ3v) is 2.20. The van der Waals surface area contributed by atoms with Crippen LogP contribution >= 0.6 is 0 Å². The van der Waals surface area contributed by atoms with E-state index in [1.54, 1.807) is 0 Å². The predicted octanol–water partition coefficient (Wildman–Crippen LogP) is 1.30. The van der Waals surface area contributed by atoms with Crippen molar-refractivity contribution in [1.82, 2.24) is 5.32 Å². The first kappa shape index (κ1) is 12.4. The van der Waals surface area contributed by atoms with Gasteiger partial charge in [-0.25, -0.2) is 0 Å². The summed E-state index contributed by atoms with van der Waals surface area (Å²) in [6.07, 6.45) is 0. The maximum absolute atomic E-state index is 11.3. The standard InChI is InChI=1S/C12H19N3O/c1-4-13-12(16)9-14-10-7-5-6-8-11(10)15(2)3/h5-8,14H,4,9H2,1-3H3,(H,13,16). The molecule has 16 heavy (non-hydrogen) atoms. The SMILES string of the molecule is CCNC(=O)CNc1ccccc1N(C)C. The highest BCUT2D eigenvalue weighted by Gasteiger charge is 2.04. The molecule has 1 amide bonds. The minimum atomic E-state index is 0.0102. The number of likely N-dealkylation sites (N-methyl/N-ethyl adjacent to an activating group) is 1. The van der Waals surface area contributed by atoms with Crippen LogP contribution in [0.3, 0.4) is 0 Å². The largest absolute Gasteiger partial charge is 0.376 e. The molecule has 0 aliphatic rings. The third-order valence-electron chi connectivity index (χ3n) is 2.20. The Morgan fingerprint density at radius 2 is 2.00 bits per heavy atom. The van der Waals surface area contributed by atoms with Crippen LogP contribution in [-0.4, -0.2) is 33.1 Å². The first-order valence-corrected chi connectivity index (χ1v) is 5.42. The Labute approximate surface area is 96.6 Å². The van der Waals surface area contributed by atoms with Gasteiger partial charge in [0.15, 0.2) is 0 Å². The van der Waals surface area contributed by atoms with Crippen LogP contribution in [0.15, 0.2) is 24.3 Å². The van der Waals surface area contributed by atoms with E-state index in [2.05, 4.69) is 10.6 Å². The molecule has 0 fully saturated rings. The van der Waals surface area contributed by atoms with E-state index in [-0.39, 0.29) is 5.91 Å². The van der Waals surface area contributed by atoms with Crippen LogP contribution in [-0.2, 0) is 4.79 Å². The normalized spacial score (nSPS) is 9.69. The zero-order valence-electron chi connectivity index (χ0n) is 10.1. The summed E-state index contributed by atoms with van der Waals surface area (Å²) in [5.74, 6) is 0.0102. The minimum Gasteiger partial charge on any atom is -0.376 e. The lowest BCUT2D eigenvalue weighted by Crippen LogP contribution is -2.29. The number of nitrogens with one attached hydrogen (secondary N) is 2. The second-order valence-corrected chi connectivity index (χ2v) is 3.72. The molecule has 0 heterocycles. The van der Waals surface area contributed by atoms with Crippen molar-refractivity contribution in [3.63, 3.8) is 0 Å². The van der Waals surface area contributed by atoms with Crippen molar-refractivity contribution in [3.8, 4) is 0 Å². The van der Waals surface area contributed by atoms with Gasteiger partial charge in [-0.1, -0.05) is 12.1 Å². The Morgan fingerprint density at radius 1 is 1.31 bits per heavy atom. The average molecular weight is 221 g/mol. The molecule has 4 nitrogen and oxygen atoms in total. The van der Waals surface area contributed by atoms with Crippen LogP contribution in [0.2, 0.25) is 0 Å². The van der Waals surface area contributed by atoms with Crippen LogP contribution in [0.25, 0.3) is 0 Å². The second-order valence-electron chi connectivity index (χ2n) is 3.72. The monoisotopic (exact) mass is 221 g/mol. The van der Waals surface area contributed by atoms with Crippen LogP contribution in [0.4, 0.5) is 11.4 Å². The molecule has 0 aliphatic carbocycles. The lowest BCUT2D eigenvalue weighted by Gasteiger charge is -2.18. The van der Waals surface area contributed by atoms with Gasteiger partial charge in [0.2, 0.25) is 5.91 Å². The van der Waals surface area contributed by atoms with Gasteiger partial charge in [-0.15, -0.1) is 0 Å². The number of hydrogen-bond acceptors (Lipinski definition) is 3. The minimum absolute atomic E-state index is 0.0102. The van der Waals surface area contributed by atoms with Crippen molar-refractivity contribution in [2.24, 2.45) is 0 Å². The number of rotatable bonds is 5. The van der Waals surface area contributed by atoms with Crippen molar-refractivity contribution in [2.45, 2.75) is 6.92 Å². The number of carbonyl (C=O) groups is 1. The number of anilines is 2. The lowest BCUT2D eigenvalue weighted by molar-refractivity contribution is -0.119. The van der Waals surface area contributed by atoms with E-state index in [1.807, 2.05) is 50.2 Å². The van der Waals surface area contributed by atoms with Gasteiger partial charge >= 0.3 is 0 Å². The average Bonchev–Trinajstić information content (AvgIpc) is 2.27. The van der Waals surface area contributed by atoms with Crippen LogP contribution < -0.4 is 15.5 Å². The second kappa shape index (κ2) is 6.00. The fraction of sp³-hybridized carbons (Fsp3) is 0.417. The van der Waals surface area contributed by atoms with E-state index < -0.39 is 0 Å². The Balaban J connectivity index is 2.63. The molecule has 1 aromatic carbocycles. The Hall–Kier alpha value is -1.71. The Kier molecular flexibility index (Phi) is 4.64. The van der Waals surface area contributed by atoms with Crippen molar-refractivity contribution >= 4 is 17.3 Å². The summed E-state index contributed by atoms with van der Waals surface area (Å²) in [6.45, 7) is 2.88. The number of benzene rings is 1. The zero-order chi connectivity index (χ0) is 12.0. The van der Waals surface area contributed by atoms with Crippen LogP contribution in [0.1, 0.15) is 6.92 Å². The third kappa shape index (κ3) is 3.46. The summed E-state index contributed by atoms with van der Waals surface area (Å²) < 4.78 is 0. The molecule has 1 rings (SSSR count). The predicted molar refractivity (Wildman–Crippen MR) is 67.9 cm³/mol. The molecule has 0 radical (unpaired) electrons. The highest BCUT2D eigenvalue weighted by Crippen LogP contribution is 2.22. The summed E-state index contributed by atoms with van der Waals surface area (Å²) in [6, 6.07) is 7.91. The highest BCUT2D eigenvalue weighted by atomic mass is 16.1. The Morgan fingerprint density at radius 3 is 2.62 bits per heavy atom. The van der Waals surface area contributed by atoms with Gasteiger partial charge in [0.25, 0.3) is 0 Å². The lowest BCUT2D eigenvalue weighted by atomic mass is 10.2. The van der Waals surface area contributed by atoms with E-state index in [4.69, 9.17) is 0 Å². The van der Waals surface area contributed by atoms with E-state index in [1.165, 1.54) is 0 Å². The van der Waals surface area contributed by atoms with Crippen LogP contribution in [0.5, 0.6) is 0 Å². The first-order valence-electron chi connectivity index (χ1n) is 5.42. The molecule has 0 aliphatic heterocycles. The van der Waals surface area contributed by atoms with Crippen LogP contribution in [0, 0.1) is 0 Å². The van der Waals surface area contributed by atoms with E-state index in [0.29, 0.717) is 13.1 Å². The maximum Gasteiger partial charge on any atom is 0.239 e. The maximum atomic E-state index is 11.3. The van der Waals surface area contributed by atoms with Crippen molar-refractivity contribution in [2.75, 3.05) is 37.4 Å². The quantitative estimate of drug-likeness (QED) is 0.787. The highest BCUT2D eigenvalue weighted by molar-refractivity contribution is 5.82. The summed E-state index contributed by atoms with van der Waals surface area (Å²) >= 11 is 0. The summed E-state index contributed by atoms with van der Waals surface area (Å²) in [7, 11) is 3.96. The fourth-order valence-corrected chi connectivity index (χ4v) is 1.45. The smallest absolute Gasteiger partial charge is 0.239 e. The van der Waals surface area contributed by atoms with Gasteiger partial charge in [0.05, 0.1) is 17.9 Å². The van der Waals surface area contributed by atoms with Gasteiger partial charge in [0.1, 0.15) is 0 Å². The van der Waals surface area contributed by atoms with E-state index in [9.17, 15) is 4.79 Å². The summed E-state index contributed by atoms with van der Waals surface area (Å²) in [5.41, 5.74) is 2.05. The molecular weight excluding hydrogens is 202 g/mol. The van der Waals surface area contributed by atoms with Gasteiger partial charge in [-0.3, -0.25) is 4.79 Å². The van der Waals surface area contributed by atoms with Gasteiger partial charge < -0.3 is 15.5 Å². The van der Waals surface area contributed by atoms with Crippen molar-refractivity contribution in [1.29, 1.82) is 0 Å². The first-order chi connectivity index (χ1) is 7.65. The molecule has 0 unspecified atom stereocenters. The van der Waals surface area contributed by atoms with E-state index >= 15 is 0 Å². The number of amides is 1. The van der Waals surface area contributed by atoms with Gasteiger partial charge in [-0.05, 0) is 19.1 Å². The summed E-state index contributed by atoms with van der Waals surface area (Å²) in [4.78, 5) is 13.3. The fourth-order valence-electron chi connectivity index (χ4n) is 1.45. The molecule has 0 bridgehead atoms. The molecule has 0 aromatic heterocycles. The van der Waals surface area contributed by atoms with Crippen molar-refractivity contribution in [3.05, 3.63) is 24.3 Å². The molecule has 0 atom stereocenters. The topological polar surface area (TPSA) is 44.4 Å². The molecule has 0 saturated heterocycles. The molecule has 88 valence electrons. The van der Waals surface area contributed by atoms with Gasteiger partial charge in [0, 0.05) is 20.6 Å². The number of nitrogens with zero attached hydrogens (tertiary/aromatic N) is 1. The molecular formula is C12H19N3O. The number of carbonyl (C=O) groups excluding carboxylic acids is 1. The number of para-hydroxylation sites is 2. The molecule has 0 saturated carbocycles. The van der Waals surface area contributed by atoms with E-state index in [0.717, 1.165) is 11.4 Å². The van der Waals surface area contributed by atoms with Gasteiger partial charge in [-0.2, -0.15) is 0 Å². The number of hydrogen-bond donors (Lipinski definition) is 2. The zero-order valence-corrected chi connectivity index (χ0v) is 10.1. The molecule has 4 heteroatoms. The van der Waals surface area contributed by atoms with Crippen molar-refractivity contribution < 1.29 is 4.79 Å². The molecule has 2 N–H and O–H groups in total. The summed E-state index contributed by atoms with van der Waals surface area (Å²) in [5, 5.41) is 5.87. The molecule has 0 spiro atoms. The Bertz CT molecular complexity index is 350. The molecule has 1 aromatic rings.